The largest absolute Gasteiger partial charge is 0.497 e. The molecule has 0 radical (unpaired) electrons. The summed E-state index contributed by atoms with van der Waals surface area (Å²) in [6.07, 6.45) is 1.52. The number of hydrogen-bond acceptors (Lipinski definition) is 6. The molecule has 0 bridgehead atoms. The van der Waals surface area contributed by atoms with E-state index >= 15 is 0 Å². The highest BCUT2D eigenvalue weighted by Crippen LogP contribution is 2.36. The number of amides is 1. The number of halogens is 1. The Morgan fingerprint density at radius 2 is 1.93 bits per heavy atom. The smallest absolute Gasteiger partial charge is 0.257 e. The maximum absolute atomic E-state index is 14.1. The predicted molar refractivity (Wildman–Crippen MR) is 111 cm³/mol. The molecule has 7 nitrogen and oxygen atoms in total. The number of carbonyl (C=O) groups is 1. The Kier molecular flexibility index (Phi) is 5.67. The average molecular weight is 411 g/mol. The van der Waals surface area contributed by atoms with Crippen LogP contribution in [0, 0.1) is 5.82 Å². The van der Waals surface area contributed by atoms with Crippen molar-refractivity contribution in [2.75, 3.05) is 45.8 Å². The van der Waals surface area contributed by atoms with E-state index < -0.39 is 5.82 Å². The minimum absolute atomic E-state index is 0.193. The molecule has 0 saturated carbocycles. The van der Waals surface area contributed by atoms with Gasteiger partial charge in [0.25, 0.3) is 5.91 Å². The molecular formula is C22H22FN3O4. The molecule has 1 aliphatic heterocycles. The van der Waals surface area contributed by atoms with Gasteiger partial charge in [0, 0.05) is 30.7 Å². The Labute approximate surface area is 173 Å². The molecule has 1 aliphatic rings. The summed E-state index contributed by atoms with van der Waals surface area (Å²) in [5.74, 6) is 0.563. The fourth-order valence-electron chi connectivity index (χ4n) is 3.44. The zero-order valence-electron chi connectivity index (χ0n) is 16.8. The average Bonchev–Trinajstić information content (AvgIpc) is 2.79. The van der Waals surface area contributed by atoms with E-state index in [0.29, 0.717) is 65.6 Å². The molecule has 2 heterocycles. The molecular weight excluding hydrogens is 389 g/mol. The minimum atomic E-state index is -0.416. The summed E-state index contributed by atoms with van der Waals surface area (Å²) in [4.78, 5) is 19.3. The number of fused-ring (bicyclic) bond motifs is 1. The fourth-order valence-corrected chi connectivity index (χ4v) is 3.44. The van der Waals surface area contributed by atoms with Crippen molar-refractivity contribution in [3.63, 3.8) is 0 Å². The number of aromatic nitrogens is 1. The number of nitrogens with one attached hydrogen (secondary N) is 1. The number of benzene rings is 2. The van der Waals surface area contributed by atoms with Crippen LogP contribution in [0.2, 0.25) is 0 Å². The molecule has 8 heteroatoms. The van der Waals surface area contributed by atoms with Gasteiger partial charge in [0.05, 0.1) is 49.9 Å². The second kappa shape index (κ2) is 8.54. The highest BCUT2D eigenvalue weighted by molar-refractivity contribution is 6.08. The first-order chi connectivity index (χ1) is 14.6. The Morgan fingerprint density at radius 1 is 1.13 bits per heavy atom. The van der Waals surface area contributed by atoms with Crippen LogP contribution in [0.3, 0.4) is 0 Å². The standard InChI is InChI=1S/C22H22FN3O4/c1-28-15-4-6-20(29-2)19(12-15)25-21-16-11-14(23)3-5-18(16)24-13-17(21)22(27)26-7-9-30-10-8-26/h3-6,11-13H,7-10H2,1-2H3,(H,24,25). The second-order valence-electron chi connectivity index (χ2n) is 6.80. The molecule has 4 rings (SSSR count). The molecule has 3 aromatic rings. The van der Waals surface area contributed by atoms with Crippen molar-refractivity contribution in [1.82, 2.24) is 9.88 Å². The topological polar surface area (TPSA) is 72.9 Å². The Hall–Kier alpha value is -3.39. The van der Waals surface area contributed by atoms with Crippen LogP contribution in [-0.4, -0.2) is 56.3 Å². The summed E-state index contributed by atoms with van der Waals surface area (Å²) < 4.78 is 30.2. The number of anilines is 2. The summed E-state index contributed by atoms with van der Waals surface area (Å²) in [6.45, 7) is 1.94. The molecule has 0 aliphatic carbocycles. The normalized spacial score (nSPS) is 13.9. The van der Waals surface area contributed by atoms with E-state index in [2.05, 4.69) is 10.3 Å². The fraction of sp³-hybridized carbons (Fsp3) is 0.273. The van der Waals surface area contributed by atoms with Gasteiger partial charge in [0.1, 0.15) is 17.3 Å². The van der Waals surface area contributed by atoms with E-state index in [1.807, 2.05) is 0 Å². The van der Waals surface area contributed by atoms with Crippen LogP contribution in [0.15, 0.2) is 42.6 Å². The lowest BCUT2D eigenvalue weighted by molar-refractivity contribution is 0.0303. The third-order valence-corrected chi connectivity index (χ3v) is 5.03. The van der Waals surface area contributed by atoms with Gasteiger partial charge in [0.2, 0.25) is 0 Å². The van der Waals surface area contributed by atoms with Crippen molar-refractivity contribution in [2.24, 2.45) is 0 Å². The first-order valence-corrected chi connectivity index (χ1v) is 9.55. The van der Waals surface area contributed by atoms with Gasteiger partial charge in [-0.2, -0.15) is 0 Å². The van der Waals surface area contributed by atoms with Crippen LogP contribution in [-0.2, 0) is 4.74 Å². The summed E-state index contributed by atoms with van der Waals surface area (Å²) in [7, 11) is 3.12. The Bertz CT molecular complexity index is 1080. The molecule has 1 aromatic heterocycles. The second-order valence-corrected chi connectivity index (χ2v) is 6.80. The molecule has 1 fully saturated rings. The highest BCUT2D eigenvalue weighted by atomic mass is 19.1. The molecule has 0 atom stereocenters. The van der Waals surface area contributed by atoms with Gasteiger partial charge in [-0.1, -0.05) is 0 Å². The van der Waals surface area contributed by atoms with Gasteiger partial charge in [-0.15, -0.1) is 0 Å². The first-order valence-electron chi connectivity index (χ1n) is 9.55. The predicted octanol–water partition coefficient (Wildman–Crippen LogP) is 3.61. The first kappa shape index (κ1) is 19.9. The lowest BCUT2D eigenvalue weighted by atomic mass is 10.1. The number of morpholine rings is 1. The number of hydrogen-bond donors (Lipinski definition) is 1. The number of pyridine rings is 1. The quantitative estimate of drug-likeness (QED) is 0.692. The van der Waals surface area contributed by atoms with Crippen LogP contribution >= 0.6 is 0 Å². The summed E-state index contributed by atoms with van der Waals surface area (Å²) in [6, 6.07) is 9.58. The van der Waals surface area contributed by atoms with Gasteiger partial charge in [-0.05, 0) is 30.3 Å². The van der Waals surface area contributed by atoms with E-state index in [9.17, 15) is 9.18 Å². The van der Waals surface area contributed by atoms with Gasteiger partial charge in [-0.3, -0.25) is 9.78 Å². The van der Waals surface area contributed by atoms with Crippen LogP contribution in [0.4, 0.5) is 15.8 Å². The van der Waals surface area contributed by atoms with Crippen molar-refractivity contribution in [1.29, 1.82) is 0 Å². The molecule has 1 saturated heterocycles. The van der Waals surface area contributed by atoms with Crippen LogP contribution < -0.4 is 14.8 Å². The zero-order chi connectivity index (χ0) is 21.1. The molecule has 156 valence electrons. The van der Waals surface area contributed by atoms with Crippen molar-refractivity contribution in [3.05, 3.63) is 54.0 Å². The maximum Gasteiger partial charge on any atom is 0.257 e. The van der Waals surface area contributed by atoms with Crippen molar-refractivity contribution in [3.8, 4) is 11.5 Å². The molecule has 30 heavy (non-hydrogen) atoms. The molecule has 0 unspecified atom stereocenters. The monoisotopic (exact) mass is 411 g/mol. The van der Waals surface area contributed by atoms with Crippen molar-refractivity contribution < 1.29 is 23.4 Å². The van der Waals surface area contributed by atoms with Crippen LogP contribution in [0.5, 0.6) is 11.5 Å². The summed E-state index contributed by atoms with van der Waals surface area (Å²) in [5.41, 5.74) is 1.96. The van der Waals surface area contributed by atoms with Gasteiger partial charge >= 0.3 is 0 Å². The maximum atomic E-state index is 14.1. The van der Waals surface area contributed by atoms with Crippen molar-refractivity contribution in [2.45, 2.75) is 0 Å². The Balaban J connectivity index is 1.85. The minimum Gasteiger partial charge on any atom is -0.497 e. The summed E-state index contributed by atoms with van der Waals surface area (Å²) in [5, 5.41) is 3.77. The van der Waals surface area contributed by atoms with Gasteiger partial charge in [-0.25, -0.2) is 4.39 Å². The molecule has 2 aromatic carbocycles. The molecule has 1 N–H and O–H groups in total. The lowest BCUT2D eigenvalue weighted by Gasteiger charge is -2.28. The third-order valence-electron chi connectivity index (χ3n) is 5.03. The van der Waals surface area contributed by atoms with Crippen LogP contribution in [0.1, 0.15) is 10.4 Å². The highest BCUT2D eigenvalue weighted by Gasteiger charge is 2.24. The number of carbonyl (C=O) groups excluding carboxylic acids is 1. The molecule has 0 spiro atoms. The van der Waals surface area contributed by atoms with E-state index in [4.69, 9.17) is 14.2 Å². The third kappa shape index (κ3) is 3.86. The Morgan fingerprint density at radius 3 is 2.67 bits per heavy atom. The summed E-state index contributed by atoms with van der Waals surface area (Å²) >= 11 is 0. The number of ether oxygens (including phenoxy) is 3. The molecule has 1 amide bonds. The van der Waals surface area contributed by atoms with E-state index in [0.717, 1.165) is 0 Å². The van der Waals surface area contributed by atoms with E-state index in [-0.39, 0.29) is 5.91 Å². The SMILES string of the molecule is COc1ccc(OC)c(Nc2c(C(=O)N3CCOCC3)cnc3ccc(F)cc23)c1. The zero-order valence-corrected chi connectivity index (χ0v) is 16.8. The van der Waals surface area contributed by atoms with Crippen molar-refractivity contribution >= 4 is 28.2 Å². The van der Waals surface area contributed by atoms with Crippen LogP contribution in [0.25, 0.3) is 10.9 Å². The number of nitrogens with zero attached hydrogens (tertiary/aromatic N) is 2. The number of rotatable bonds is 5. The van der Waals surface area contributed by atoms with E-state index in [1.54, 1.807) is 43.4 Å². The number of methoxy groups -OCH3 is 2. The van der Waals surface area contributed by atoms with Gasteiger partial charge < -0.3 is 24.4 Å². The van der Waals surface area contributed by atoms with E-state index in [1.165, 1.54) is 18.3 Å². The lowest BCUT2D eigenvalue weighted by Crippen LogP contribution is -2.41. The van der Waals surface area contributed by atoms with Gasteiger partial charge in [0.15, 0.2) is 0 Å².